The maximum atomic E-state index is 12.1. The predicted molar refractivity (Wildman–Crippen MR) is 82.4 cm³/mol. The zero-order valence-electron chi connectivity index (χ0n) is 12.0. The van der Waals surface area contributed by atoms with Gasteiger partial charge in [-0.05, 0) is 31.0 Å². The number of hydrogen-bond donors (Lipinski definition) is 2. The minimum absolute atomic E-state index is 0.0247. The number of rotatable bonds is 5. The van der Waals surface area contributed by atoms with Crippen molar-refractivity contribution in [3.8, 4) is 0 Å². The van der Waals surface area contributed by atoms with Gasteiger partial charge in [-0.3, -0.25) is 14.1 Å². The van der Waals surface area contributed by atoms with E-state index in [1.165, 1.54) is 13.0 Å². The molecule has 10 heteroatoms. The summed E-state index contributed by atoms with van der Waals surface area (Å²) in [5, 5.41) is 13.7. The highest BCUT2D eigenvalue weighted by Crippen LogP contribution is 2.35. The first-order valence-corrected chi connectivity index (χ1v) is 8.30. The Kier molecular flexibility index (Phi) is 4.73. The van der Waals surface area contributed by atoms with Crippen LogP contribution in [0.1, 0.15) is 24.8 Å². The lowest BCUT2D eigenvalue weighted by Gasteiger charge is -2.17. The monoisotopic (exact) mass is 360 g/mol. The molecule has 1 aliphatic heterocycles. The van der Waals surface area contributed by atoms with E-state index >= 15 is 0 Å². The molecule has 0 aromatic heterocycles. The number of carbonyl (C=O) groups excluding carboxylic acids is 1. The van der Waals surface area contributed by atoms with Crippen molar-refractivity contribution >= 4 is 45.0 Å². The van der Waals surface area contributed by atoms with Crippen molar-refractivity contribution in [2.75, 3.05) is 5.01 Å². The average molecular weight is 361 g/mol. The first kappa shape index (κ1) is 17.4. The van der Waals surface area contributed by atoms with Crippen LogP contribution in [0.25, 0.3) is 0 Å². The molecule has 1 aliphatic rings. The van der Waals surface area contributed by atoms with Gasteiger partial charge in [-0.1, -0.05) is 11.6 Å². The van der Waals surface area contributed by atoms with Gasteiger partial charge in [-0.15, -0.1) is 0 Å². The molecule has 0 saturated carbocycles. The lowest BCUT2D eigenvalue weighted by molar-refractivity contribution is -0.136. The maximum Gasteiger partial charge on any atom is 0.303 e. The van der Waals surface area contributed by atoms with Crippen LogP contribution in [-0.2, 0) is 19.7 Å². The van der Waals surface area contributed by atoms with E-state index in [2.05, 4.69) is 5.10 Å². The molecule has 0 bridgehead atoms. The van der Waals surface area contributed by atoms with Crippen molar-refractivity contribution in [2.24, 2.45) is 5.10 Å². The van der Waals surface area contributed by atoms with E-state index in [1.807, 2.05) is 0 Å². The van der Waals surface area contributed by atoms with Crippen molar-refractivity contribution in [1.29, 1.82) is 0 Å². The number of hydrazone groups is 1. The van der Waals surface area contributed by atoms with Crippen LogP contribution in [0.15, 0.2) is 22.1 Å². The summed E-state index contributed by atoms with van der Waals surface area (Å²) in [7, 11) is -4.42. The van der Waals surface area contributed by atoms with E-state index in [-0.39, 0.29) is 34.9 Å². The smallest absolute Gasteiger partial charge is 0.303 e. The molecule has 23 heavy (non-hydrogen) atoms. The molecular formula is C13H13ClN2O6S. The highest BCUT2D eigenvalue weighted by atomic mass is 35.5. The molecule has 1 aromatic rings. The lowest BCUT2D eigenvalue weighted by Crippen LogP contribution is -2.21. The van der Waals surface area contributed by atoms with E-state index in [9.17, 15) is 18.0 Å². The number of aliphatic carboxylic acids is 1. The quantitative estimate of drug-likeness (QED) is 0.772. The van der Waals surface area contributed by atoms with Gasteiger partial charge >= 0.3 is 5.97 Å². The van der Waals surface area contributed by atoms with Crippen LogP contribution < -0.4 is 5.01 Å². The number of amides is 1. The molecule has 1 amide bonds. The SMILES string of the molecule is Cc1cc(S(=O)(=O)O)cc(Cl)c1N1N=C(CCC(=O)O)CC1=O. The van der Waals surface area contributed by atoms with Crippen LogP contribution in [0.5, 0.6) is 0 Å². The standard InChI is InChI=1S/C13H13ClN2O6S/c1-7-4-9(23(20,21)22)6-10(14)13(7)16-11(17)5-8(15-16)2-3-12(18)19/h4,6H,2-3,5H2,1H3,(H,18,19)(H,20,21,22). The first-order valence-electron chi connectivity index (χ1n) is 6.48. The zero-order chi connectivity index (χ0) is 17.4. The van der Waals surface area contributed by atoms with Crippen LogP contribution in [0, 0.1) is 6.92 Å². The molecule has 2 N–H and O–H groups in total. The van der Waals surface area contributed by atoms with E-state index < -0.39 is 22.0 Å². The van der Waals surface area contributed by atoms with Gasteiger partial charge < -0.3 is 5.11 Å². The molecule has 1 aromatic carbocycles. The van der Waals surface area contributed by atoms with Crippen LogP contribution in [-0.4, -0.2) is 35.7 Å². The Morgan fingerprint density at radius 3 is 2.61 bits per heavy atom. The number of halogens is 1. The molecule has 1 heterocycles. The van der Waals surface area contributed by atoms with Gasteiger partial charge in [-0.25, -0.2) is 0 Å². The second-order valence-corrected chi connectivity index (χ2v) is 6.82. The molecule has 0 atom stereocenters. The van der Waals surface area contributed by atoms with Gasteiger partial charge in [0.15, 0.2) is 0 Å². The third-order valence-electron chi connectivity index (χ3n) is 3.20. The number of hydrogen-bond acceptors (Lipinski definition) is 5. The van der Waals surface area contributed by atoms with Crippen LogP contribution in [0.4, 0.5) is 5.69 Å². The lowest BCUT2D eigenvalue weighted by atomic mass is 10.1. The normalized spacial score (nSPS) is 15.0. The number of carboxylic acids is 1. The summed E-state index contributed by atoms with van der Waals surface area (Å²) < 4.78 is 31.4. The highest BCUT2D eigenvalue weighted by molar-refractivity contribution is 7.85. The fourth-order valence-electron chi connectivity index (χ4n) is 2.17. The Labute approximate surface area is 137 Å². The second kappa shape index (κ2) is 6.26. The summed E-state index contributed by atoms with van der Waals surface area (Å²) in [6, 6.07) is 2.20. The minimum atomic E-state index is -4.42. The Balaban J connectivity index is 2.38. The van der Waals surface area contributed by atoms with Crippen molar-refractivity contribution in [3.63, 3.8) is 0 Å². The summed E-state index contributed by atoms with van der Waals surface area (Å²) in [4.78, 5) is 22.2. The highest BCUT2D eigenvalue weighted by Gasteiger charge is 2.29. The summed E-state index contributed by atoms with van der Waals surface area (Å²) in [5.74, 6) is -1.39. The van der Waals surface area contributed by atoms with E-state index in [1.54, 1.807) is 0 Å². The Bertz CT molecular complexity index is 795. The third kappa shape index (κ3) is 3.87. The molecule has 0 spiro atoms. The van der Waals surface area contributed by atoms with Crippen molar-refractivity contribution in [3.05, 3.63) is 22.7 Å². The molecule has 8 nitrogen and oxygen atoms in total. The molecule has 0 unspecified atom stereocenters. The van der Waals surface area contributed by atoms with Crippen LogP contribution in [0.3, 0.4) is 0 Å². The van der Waals surface area contributed by atoms with Gasteiger partial charge in [0, 0.05) is 5.71 Å². The van der Waals surface area contributed by atoms with Gasteiger partial charge in [0.1, 0.15) is 0 Å². The number of carbonyl (C=O) groups is 2. The van der Waals surface area contributed by atoms with Crippen LogP contribution in [0.2, 0.25) is 5.02 Å². The third-order valence-corrected chi connectivity index (χ3v) is 4.32. The predicted octanol–water partition coefficient (Wildman–Crippen LogP) is 1.85. The van der Waals surface area contributed by atoms with Gasteiger partial charge in [0.2, 0.25) is 0 Å². The van der Waals surface area contributed by atoms with Crippen molar-refractivity contribution < 1.29 is 27.7 Å². The maximum absolute atomic E-state index is 12.1. The minimum Gasteiger partial charge on any atom is -0.481 e. The fourth-order valence-corrected chi connectivity index (χ4v) is 3.17. The largest absolute Gasteiger partial charge is 0.481 e. The Hall–Kier alpha value is -1.97. The van der Waals surface area contributed by atoms with Crippen molar-refractivity contribution in [2.45, 2.75) is 31.1 Å². The van der Waals surface area contributed by atoms with Crippen molar-refractivity contribution in [1.82, 2.24) is 0 Å². The number of benzene rings is 1. The average Bonchev–Trinajstić information content (AvgIpc) is 2.76. The van der Waals surface area contributed by atoms with E-state index in [0.29, 0.717) is 11.3 Å². The zero-order valence-corrected chi connectivity index (χ0v) is 13.6. The molecule has 0 fully saturated rings. The second-order valence-electron chi connectivity index (χ2n) is 4.99. The topological polar surface area (TPSA) is 124 Å². The number of anilines is 1. The molecule has 2 rings (SSSR count). The molecule has 124 valence electrons. The molecule has 0 saturated heterocycles. The van der Waals surface area contributed by atoms with Crippen LogP contribution >= 0.6 is 11.6 Å². The first-order chi connectivity index (χ1) is 10.6. The summed E-state index contributed by atoms with van der Waals surface area (Å²) >= 11 is 6.03. The van der Waals surface area contributed by atoms with Gasteiger partial charge in [0.05, 0.1) is 28.4 Å². The summed E-state index contributed by atoms with van der Waals surface area (Å²) in [6.07, 6.45) is -0.0329. The van der Waals surface area contributed by atoms with E-state index in [4.69, 9.17) is 21.3 Å². The van der Waals surface area contributed by atoms with Gasteiger partial charge in [-0.2, -0.15) is 18.5 Å². The molecular weight excluding hydrogens is 348 g/mol. The number of carboxylic acid groups (broad SMARTS) is 1. The molecule has 0 aliphatic carbocycles. The van der Waals surface area contributed by atoms with E-state index in [0.717, 1.165) is 11.1 Å². The van der Waals surface area contributed by atoms with Gasteiger partial charge in [0.25, 0.3) is 16.0 Å². The Morgan fingerprint density at radius 1 is 1.43 bits per heavy atom. The number of aryl methyl sites for hydroxylation is 1. The summed E-state index contributed by atoms with van der Waals surface area (Å²) in [6.45, 7) is 1.52. The molecule has 0 radical (unpaired) electrons. The summed E-state index contributed by atoms with van der Waals surface area (Å²) in [5.41, 5.74) is 0.947. The fraction of sp³-hybridized carbons (Fsp3) is 0.308. The number of nitrogens with zero attached hydrogens (tertiary/aromatic N) is 2. The Morgan fingerprint density at radius 2 is 2.09 bits per heavy atom.